The molecule has 1 amide bonds. The third-order valence-electron chi connectivity index (χ3n) is 2.52. The summed E-state index contributed by atoms with van der Waals surface area (Å²) in [5.41, 5.74) is 0.911. The number of aromatic nitrogens is 1. The number of carbonyl (C=O) groups excluding carboxylic acids is 1. The van der Waals surface area contributed by atoms with Gasteiger partial charge in [0.25, 0.3) is 0 Å². The Morgan fingerprint density at radius 1 is 1.44 bits per heavy atom. The van der Waals surface area contributed by atoms with Crippen molar-refractivity contribution in [3.8, 4) is 5.75 Å². The fraction of sp³-hybridized carbons (Fsp3) is 0.500. The van der Waals surface area contributed by atoms with E-state index in [1.807, 2.05) is 26.0 Å². The Morgan fingerprint density at radius 3 is 2.61 bits per heavy atom. The zero-order valence-electron chi connectivity index (χ0n) is 10.9. The molecule has 0 fully saturated rings. The van der Waals surface area contributed by atoms with E-state index in [1.54, 1.807) is 7.11 Å². The normalized spacial score (nSPS) is 10.9. The SMILES string of the molecule is COC(=O)NC(C)(C)c1ccc(OC)c(CBr)n1. The van der Waals surface area contributed by atoms with E-state index in [4.69, 9.17) is 4.74 Å². The molecular weight excluding hydrogens is 300 g/mol. The summed E-state index contributed by atoms with van der Waals surface area (Å²) in [7, 11) is 2.93. The molecule has 1 aromatic heterocycles. The molecule has 0 aliphatic carbocycles. The molecule has 1 rings (SSSR count). The number of rotatable bonds is 4. The Hall–Kier alpha value is -1.30. The summed E-state index contributed by atoms with van der Waals surface area (Å²) in [5.74, 6) is 0.712. The van der Waals surface area contributed by atoms with E-state index in [0.29, 0.717) is 11.1 Å². The first-order valence-corrected chi connectivity index (χ1v) is 6.53. The molecule has 1 aromatic rings. The van der Waals surface area contributed by atoms with Gasteiger partial charge in [-0.05, 0) is 26.0 Å². The third-order valence-corrected chi connectivity index (χ3v) is 3.05. The quantitative estimate of drug-likeness (QED) is 0.867. The number of pyridine rings is 1. The second-order valence-corrected chi connectivity index (χ2v) is 4.78. The summed E-state index contributed by atoms with van der Waals surface area (Å²) >= 11 is 3.36. The van der Waals surface area contributed by atoms with Gasteiger partial charge in [-0.25, -0.2) is 4.79 Å². The maximum absolute atomic E-state index is 11.3. The van der Waals surface area contributed by atoms with Crippen LogP contribution < -0.4 is 10.1 Å². The molecule has 0 radical (unpaired) electrons. The fourth-order valence-electron chi connectivity index (χ4n) is 1.49. The number of carbonyl (C=O) groups is 1. The van der Waals surface area contributed by atoms with Crippen molar-refractivity contribution in [2.75, 3.05) is 14.2 Å². The third kappa shape index (κ3) is 3.35. The predicted octanol–water partition coefficient (Wildman–Crippen LogP) is 2.58. The molecule has 0 saturated carbocycles. The average molecular weight is 317 g/mol. The minimum atomic E-state index is -0.615. The molecule has 0 saturated heterocycles. The number of amides is 1. The van der Waals surface area contributed by atoms with Gasteiger partial charge in [0.1, 0.15) is 5.75 Å². The van der Waals surface area contributed by atoms with Crippen LogP contribution in [0.2, 0.25) is 0 Å². The number of methoxy groups -OCH3 is 2. The Bertz CT molecular complexity index is 435. The topological polar surface area (TPSA) is 60.5 Å². The van der Waals surface area contributed by atoms with Gasteiger partial charge in [-0.2, -0.15) is 0 Å². The zero-order valence-corrected chi connectivity index (χ0v) is 12.5. The number of nitrogens with one attached hydrogen (secondary N) is 1. The maximum Gasteiger partial charge on any atom is 0.407 e. The molecule has 100 valence electrons. The molecule has 6 heteroatoms. The van der Waals surface area contributed by atoms with Crippen LogP contribution in [-0.2, 0) is 15.6 Å². The molecule has 5 nitrogen and oxygen atoms in total. The molecule has 1 N–H and O–H groups in total. The molecule has 0 unspecified atom stereocenters. The van der Waals surface area contributed by atoms with Gasteiger partial charge in [-0.1, -0.05) is 15.9 Å². The van der Waals surface area contributed by atoms with Gasteiger partial charge >= 0.3 is 6.09 Å². The summed E-state index contributed by atoms with van der Waals surface area (Å²) in [6, 6.07) is 3.65. The number of hydrogen-bond donors (Lipinski definition) is 1. The van der Waals surface area contributed by atoms with Crippen LogP contribution in [0.4, 0.5) is 4.79 Å². The summed E-state index contributed by atoms with van der Waals surface area (Å²) in [6.07, 6.45) is -0.488. The van der Waals surface area contributed by atoms with Crippen LogP contribution in [0.25, 0.3) is 0 Å². The molecule has 0 bridgehead atoms. The van der Waals surface area contributed by atoms with Crippen LogP contribution in [0.3, 0.4) is 0 Å². The minimum absolute atomic E-state index is 0.488. The van der Waals surface area contributed by atoms with Gasteiger partial charge in [0, 0.05) is 5.33 Å². The predicted molar refractivity (Wildman–Crippen MR) is 72.0 cm³/mol. The molecule has 1 heterocycles. The van der Waals surface area contributed by atoms with Crippen molar-refractivity contribution in [1.82, 2.24) is 10.3 Å². The highest BCUT2D eigenvalue weighted by Gasteiger charge is 2.25. The van der Waals surface area contributed by atoms with Crippen LogP contribution in [0.1, 0.15) is 25.2 Å². The van der Waals surface area contributed by atoms with Crippen molar-refractivity contribution in [2.45, 2.75) is 24.7 Å². The lowest BCUT2D eigenvalue weighted by Crippen LogP contribution is -2.41. The average Bonchev–Trinajstić information content (AvgIpc) is 2.37. The van der Waals surface area contributed by atoms with Gasteiger partial charge in [0.15, 0.2) is 0 Å². The number of ether oxygens (including phenoxy) is 2. The summed E-state index contributed by atoms with van der Waals surface area (Å²) in [6.45, 7) is 3.72. The Morgan fingerprint density at radius 2 is 2.11 bits per heavy atom. The minimum Gasteiger partial charge on any atom is -0.495 e. The number of alkyl carbamates (subject to hydrolysis) is 1. The van der Waals surface area contributed by atoms with Crippen LogP contribution in [0.5, 0.6) is 5.75 Å². The van der Waals surface area contributed by atoms with Gasteiger partial charge < -0.3 is 14.8 Å². The highest BCUT2D eigenvalue weighted by atomic mass is 79.9. The van der Waals surface area contributed by atoms with E-state index < -0.39 is 11.6 Å². The van der Waals surface area contributed by atoms with E-state index in [2.05, 4.69) is 31.0 Å². The first-order valence-electron chi connectivity index (χ1n) is 5.41. The molecule has 18 heavy (non-hydrogen) atoms. The number of alkyl halides is 1. The van der Waals surface area contributed by atoms with E-state index in [9.17, 15) is 4.79 Å². The molecule has 0 spiro atoms. The van der Waals surface area contributed by atoms with E-state index in [-0.39, 0.29) is 0 Å². The Balaban J connectivity index is 3.05. The van der Waals surface area contributed by atoms with E-state index in [0.717, 1.165) is 11.4 Å². The van der Waals surface area contributed by atoms with Gasteiger partial charge in [0.05, 0.1) is 31.1 Å². The molecule has 0 aliphatic heterocycles. The molecule has 0 atom stereocenters. The van der Waals surface area contributed by atoms with Gasteiger partial charge in [0.2, 0.25) is 0 Å². The highest BCUT2D eigenvalue weighted by molar-refractivity contribution is 9.08. The monoisotopic (exact) mass is 316 g/mol. The standard InChI is InChI=1S/C12H17BrN2O3/c1-12(2,15-11(16)18-4)10-6-5-9(17-3)8(7-13)14-10/h5-6H,7H2,1-4H3,(H,15,16). The smallest absolute Gasteiger partial charge is 0.407 e. The lowest BCUT2D eigenvalue weighted by molar-refractivity contribution is 0.159. The van der Waals surface area contributed by atoms with Crippen molar-refractivity contribution < 1.29 is 14.3 Å². The second-order valence-electron chi connectivity index (χ2n) is 4.22. The van der Waals surface area contributed by atoms with Crippen molar-refractivity contribution in [2.24, 2.45) is 0 Å². The Kier molecular flexibility index (Phi) is 4.95. The van der Waals surface area contributed by atoms with Crippen LogP contribution in [-0.4, -0.2) is 25.3 Å². The number of nitrogens with zero attached hydrogens (tertiary/aromatic N) is 1. The first-order chi connectivity index (χ1) is 8.44. The van der Waals surface area contributed by atoms with Crippen LogP contribution in [0.15, 0.2) is 12.1 Å². The van der Waals surface area contributed by atoms with E-state index >= 15 is 0 Å². The zero-order chi connectivity index (χ0) is 13.8. The molecule has 0 aromatic carbocycles. The lowest BCUT2D eigenvalue weighted by atomic mass is 10.00. The van der Waals surface area contributed by atoms with Crippen molar-refractivity contribution in [3.05, 3.63) is 23.5 Å². The first kappa shape index (κ1) is 14.8. The van der Waals surface area contributed by atoms with Gasteiger partial charge in [-0.15, -0.1) is 0 Å². The number of halogens is 1. The fourth-order valence-corrected chi connectivity index (χ4v) is 1.89. The van der Waals surface area contributed by atoms with Crippen LogP contribution >= 0.6 is 15.9 Å². The van der Waals surface area contributed by atoms with Crippen LogP contribution in [0, 0.1) is 0 Å². The second kappa shape index (κ2) is 6.04. The Labute approximate surface area is 115 Å². The lowest BCUT2D eigenvalue weighted by Gasteiger charge is -2.25. The van der Waals surface area contributed by atoms with Gasteiger partial charge in [-0.3, -0.25) is 4.98 Å². The summed E-state index contributed by atoms with van der Waals surface area (Å²) in [5, 5.41) is 3.31. The maximum atomic E-state index is 11.3. The highest BCUT2D eigenvalue weighted by Crippen LogP contribution is 2.24. The molecule has 0 aliphatic rings. The molecular formula is C12H17BrN2O3. The summed E-state index contributed by atoms with van der Waals surface area (Å²) in [4.78, 5) is 15.8. The van der Waals surface area contributed by atoms with Crippen molar-refractivity contribution in [1.29, 1.82) is 0 Å². The number of hydrogen-bond acceptors (Lipinski definition) is 4. The van der Waals surface area contributed by atoms with Crippen molar-refractivity contribution in [3.63, 3.8) is 0 Å². The summed E-state index contributed by atoms with van der Waals surface area (Å²) < 4.78 is 9.80. The van der Waals surface area contributed by atoms with Crippen molar-refractivity contribution >= 4 is 22.0 Å². The largest absolute Gasteiger partial charge is 0.495 e. The van der Waals surface area contributed by atoms with E-state index in [1.165, 1.54) is 7.11 Å².